The van der Waals surface area contributed by atoms with Gasteiger partial charge in [-0.1, -0.05) is 29.8 Å². The first-order valence-electron chi connectivity index (χ1n) is 8.49. The number of methoxy groups -OCH3 is 1. The standard InChI is InChI=1S/C19H19ClN4O2/c1-26-16-8-3-2-6-14(16)22-10-12-23(13-11-22)19(25)18-17(20)15-7-4-5-9-24(15)21-18/h2-9H,10-13H2,1H3. The van der Waals surface area contributed by atoms with Crippen LogP contribution in [0.4, 0.5) is 5.69 Å². The number of anilines is 1. The number of pyridine rings is 1. The lowest BCUT2D eigenvalue weighted by Gasteiger charge is -2.36. The summed E-state index contributed by atoms with van der Waals surface area (Å²) in [6, 6.07) is 13.5. The molecule has 1 saturated heterocycles. The molecule has 134 valence electrons. The number of amides is 1. The molecule has 2 aromatic heterocycles. The molecule has 0 bridgehead atoms. The van der Waals surface area contributed by atoms with E-state index >= 15 is 0 Å². The minimum absolute atomic E-state index is 0.127. The van der Waals surface area contributed by atoms with Crippen molar-refractivity contribution in [2.45, 2.75) is 0 Å². The number of carbonyl (C=O) groups excluding carboxylic acids is 1. The molecule has 1 aliphatic heterocycles. The largest absolute Gasteiger partial charge is 0.495 e. The number of nitrogens with zero attached hydrogens (tertiary/aromatic N) is 4. The van der Waals surface area contributed by atoms with Crippen LogP contribution in [0.3, 0.4) is 0 Å². The topological polar surface area (TPSA) is 50.1 Å². The fourth-order valence-electron chi connectivity index (χ4n) is 3.30. The monoisotopic (exact) mass is 370 g/mol. The normalized spacial score (nSPS) is 14.7. The first kappa shape index (κ1) is 16.7. The van der Waals surface area contributed by atoms with Crippen LogP contribution in [0.2, 0.25) is 5.02 Å². The summed E-state index contributed by atoms with van der Waals surface area (Å²) in [6.45, 7) is 2.69. The molecule has 6 nitrogen and oxygen atoms in total. The molecular formula is C19H19ClN4O2. The van der Waals surface area contributed by atoms with Crippen molar-refractivity contribution in [1.29, 1.82) is 0 Å². The lowest BCUT2D eigenvalue weighted by Crippen LogP contribution is -2.49. The third-order valence-electron chi connectivity index (χ3n) is 4.68. The Morgan fingerprint density at radius 1 is 1.08 bits per heavy atom. The minimum Gasteiger partial charge on any atom is -0.495 e. The summed E-state index contributed by atoms with van der Waals surface area (Å²) in [6.07, 6.45) is 1.79. The zero-order valence-corrected chi connectivity index (χ0v) is 15.2. The number of ether oxygens (including phenoxy) is 1. The number of rotatable bonds is 3. The SMILES string of the molecule is COc1ccccc1N1CCN(C(=O)c2nn3ccccc3c2Cl)CC1. The van der Waals surface area contributed by atoms with Crippen LogP contribution >= 0.6 is 11.6 Å². The number of fused-ring (bicyclic) bond motifs is 1. The van der Waals surface area contributed by atoms with Crippen LogP contribution in [0.15, 0.2) is 48.7 Å². The van der Waals surface area contributed by atoms with E-state index in [0.717, 1.165) is 30.0 Å². The Hall–Kier alpha value is -2.73. The van der Waals surface area contributed by atoms with Crippen molar-refractivity contribution < 1.29 is 9.53 Å². The summed E-state index contributed by atoms with van der Waals surface area (Å²) in [5.41, 5.74) is 2.10. The summed E-state index contributed by atoms with van der Waals surface area (Å²) in [5.74, 6) is 0.717. The second-order valence-corrected chi connectivity index (χ2v) is 6.52. The maximum absolute atomic E-state index is 12.9. The Kier molecular flexibility index (Phi) is 4.42. The Morgan fingerprint density at radius 3 is 2.54 bits per heavy atom. The molecule has 3 heterocycles. The summed E-state index contributed by atoms with van der Waals surface area (Å²) < 4.78 is 7.08. The highest BCUT2D eigenvalue weighted by Gasteiger charge is 2.27. The molecule has 1 aromatic carbocycles. The number of halogens is 1. The van der Waals surface area contributed by atoms with Gasteiger partial charge in [-0.2, -0.15) is 5.10 Å². The molecule has 1 amide bonds. The number of carbonyl (C=O) groups is 1. The highest BCUT2D eigenvalue weighted by atomic mass is 35.5. The van der Waals surface area contributed by atoms with Gasteiger partial charge in [-0.25, -0.2) is 4.52 Å². The third kappa shape index (κ3) is 2.86. The van der Waals surface area contributed by atoms with Gasteiger partial charge in [-0.05, 0) is 24.3 Å². The number of benzene rings is 1. The molecule has 0 aliphatic carbocycles. The number of hydrogen-bond donors (Lipinski definition) is 0. The average molecular weight is 371 g/mol. The highest BCUT2D eigenvalue weighted by molar-refractivity contribution is 6.36. The van der Waals surface area contributed by atoms with Crippen molar-refractivity contribution in [3.8, 4) is 5.75 Å². The van der Waals surface area contributed by atoms with Crippen LogP contribution in [0.25, 0.3) is 5.52 Å². The second-order valence-electron chi connectivity index (χ2n) is 6.14. The van der Waals surface area contributed by atoms with Crippen molar-refractivity contribution in [3.05, 3.63) is 59.4 Å². The van der Waals surface area contributed by atoms with Crippen molar-refractivity contribution in [2.75, 3.05) is 38.2 Å². The predicted octanol–water partition coefficient (Wildman–Crippen LogP) is 2.96. The van der Waals surface area contributed by atoms with E-state index in [4.69, 9.17) is 16.3 Å². The van der Waals surface area contributed by atoms with E-state index in [1.54, 1.807) is 22.7 Å². The molecule has 0 spiro atoms. The zero-order valence-electron chi connectivity index (χ0n) is 14.4. The number of piperazine rings is 1. The Balaban J connectivity index is 1.50. The van der Waals surface area contributed by atoms with Gasteiger partial charge in [0.2, 0.25) is 0 Å². The highest BCUT2D eigenvalue weighted by Crippen LogP contribution is 2.29. The van der Waals surface area contributed by atoms with Gasteiger partial charge < -0.3 is 14.5 Å². The molecule has 4 rings (SSSR count). The third-order valence-corrected chi connectivity index (χ3v) is 5.05. The molecular weight excluding hydrogens is 352 g/mol. The van der Waals surface area contributed by atoms with E-state index in [9.17, 15) is 4.79 Å². The minimum atomic E-state index is -0.127. The smallest absolute Gasteiger partial charge is 0.276 e. The summed E-state index contributed by atoms with van der Waals surface area (Å²) in [4.78, 5) is 16.9. The molecule has 26 heavy (non-hydrogen) atoms. The van der Waals surface area contributed by atoms with Crippen molar-refractivity contribution in [3.63, 3.8) is 0 Å². The molecule has 1 fully saturated rings. The van der Waals surface area contributed by atoms with E-state index < -0.39 is 0 Å². The Labute approximate surface area is 156 Å². The van der Waals surface area contributed by atoms with Crippen LogP contribution in [0, 0.1) is 0 Å². The summed E-state index contributed by atoms with van der Waals surface area (Å²) in [7, 11) is 1.67. The lowest BCUT2D eigenvalue weighted by atomic mass is 10.2. The molecule has 3 aromatic rings. The number of para-hydroxylation sites is 2. The molecule has 0 atom stereocenters. The number of hydrogen-bond acceptors (Lipinski definition) is 4. The maximum Gasteiger partial charge on any atom is 0.276 e. The first-order valence-corrected chi connectivity index (χ1v) is 8.87. The van der Waals surface area contributed by atoms with Gasteiger partial charge in [-0.3, -0.25) is 4.79 Å². The summed E-state index contributed by atoms with van der Waals surface area (Å²) >= 11 is 6.38. The first-order chi connectivity index (χ1) is 12.7. The fraction of sp³-hybridized carbons (Fsp3) is 0.263. The van der Waals surface area contributed by atoms with Gasteiger partial charge in [0.25, 0.3) is 5.91 Å². The van der Waals surface area contributed by atoms with Crippen LogP contribution < -0.4 is 9.64 Å². The Morgan fingerprint density at radius 2 is 1.81 bits per heavy atom. The van der Waals surface area contributed by atoms with Gasteiger partial charge in [0.1, 0.15) is 5.75 Å². The van der Waals surface area contributed by atoms with Crippen LogP contribution in [-0.4, -0.2) is 53.7 Å². The Bertz CT molecular complexity index is 948. The van der Waals surface area contributed by atoms with Crippen molar-refractivity contribution >= 4 is 28.7 Å². The molecule has 1 aliphatic rings. The van der Waals surface area contributed by atoms with E-state index in [1.165, 1.54) is 0 Å². The van der Waals surface area contributed by atoms with E-state index in [0.29, 0.717) is 23.8 Å². The van der Waals surface area contributed by atoms with Gasteiger partial charge >= 0.3 is 0 Å². The van der Waals surface area contributed by atoms with Crippen LogP contribution in [-0.2, 0) is 0 Å². The quantitative estimate of drug-likeness (QED) is 0.711. The van der Waals surface area contributed by atoms with Crippen LogP contribution in [0.1, 0.15) is 10.5 Å². The zero-order chi connectivity index (χ0) is 18.1. The molecule has 0 N–H and O–H groups in total. The molecule has 0 saturated carbocycles. The van der Waals surface area contributed by atoms with E-state index in [-0.39, 0.29) is 5.91 Å². The van der Waals surface area contributed by atoms with E-state index in [2.05, 4.69) is 10.00 Å². The molecule has 7 heteroatoms. The van der Waals surface area contributed by atoms with E-state index in [1.807, 2.05) is 42.5 Å². The average Bonchev–Trinajstić information content (AvgIpc) is 3.04. The van der Waals surface area contributed by atoms with Gasteiger partial charge in [0, 0.05) is 32.4 Å². The molecule has 0 radical (unpaired) electrons. The predicted molar refractivity (Wildman–Crippen MR) is 101 cm³/mol. The van der Waals surface area contributed by atoms with Crippen LogP contribution in [0.5, 0.6) is 5.75 Å². The lowest BCUT2D eigenvalue weighted by molar-refractivity contribution is 0.0740. The fourth-order valence-corrected chi connectivity index (χ4v) is 3.56. The maximum atomic E-state index is 12.9. The van der Waals surface area contributed by atoms with Gasteiger partial charge in [0.05, 0.1) is 23.3 Å². The van der Waals surface area contributed by atoms with Gasteiger partial charge in [-0.15, -0.1) is 0 Å². The molecule has 0 unspecified atom stereocenters. The van der Waals surface area contributed by atoms with Crippen molar-refractivity contribution in [1.82, 2.24) is 14.5 Å². The van der Waals surface area contributed by atoms with Crippen molar-refractivity contribution in [2.24, 2.45) is 0 Å². The summed E-state index contributed by atoms with van der Waals surface area (Å²) in [5, 5.41) is 4.76. The number of aromatic nitrogens is 2. The second kappa shape index (κ2) is 6.88. The van der Waals surface area contributed by atoms with Gasteiger partial charge in [0.15, 0.2) is 5.69 Å².